The first-order valence-corrected chi connectivity index (χ1v) is 13.3. The molecule has 162 valence electrons. The predicted octanol–water partition coefficient (Wildman–Crippen LogP) is 1.33. The van der Waals surface area contributed by atoms with E-state index in [-0.39, 0.29) is 11.6 Å². The van der Waals surface area contributed by atoms with Gasteiger partial charge in [0.05, 0.1) is 27.6 Å². The first-order chi connectivity index (χ1) is 14.5. The third-order valence-corrected chi connectivity index (χ3v) is 7.61. The first kappa shape index (κ1) is 22.8. The first-order valence-electron chi connectivity index (χ1n) is 8.86. The van der Waals surface area contributed by atoms with Gasteiger partial charge < -0.3 is 5.32 Å². The molecule has 1 amide bonds. The summed E-state index contributed by atoms with van der Waals surface area (Å²) < 4.78 is 47.3. The maximum absolute atomic E-state index is 12.5. The van der Waals surface area contributed by atoms with Gasteiger partial charge in [0.15, 0.2) is 15.1 Å². The van der Waals surface area contributed by atoms with Crippen LogP contribution in [0.25, 0.3) is 21.3 Å². The van der Waals surface area contributed by atoms with E-state index in [2.05, 4.69) is 16.4 Å². The number of sulfonamides is 1. The number of primary sulfonamides is 1. The molecule has 1 unspecified atom stereocenters. The molecule has 0 bridgehead atoms. The summed E-state index contributed by atoms with van der Waals surface area (Å²) in [6, 6.07) is 14.4. The van der Waals surface area contributed by atoms with Gasteiger partial charge in [0.2, 0.25) is 15.9 Å². The minimum absolute atomic E-state index is 0.0773. The quantitative estimate of drug-likeness (QED) is 0.518. The number of hydrogen-bond donors (Lipinski definition) is 2. The van der Waals surface area contributed by atoms with Crippen LogP contribution in [0.5, 0.6) is 0 Å². The highest BCUT2D eigenvalue weighted by Gasteiger charge is 2.33. The van der Waals surface area contributed by atoms with Gasteiger partial charge >= 0.3 is 0 Å². The van der Waals surface area contributed by atoms with Crippen LogP contribution < -0.4 is 10.5 Å². The Morgan fingerprint density at radius 2 is 1.90 bits per heavy atom. The Morgan fingerprint density at radius 1 is 1.19 bits per heavy atom. The number of carbonyl (C=O) groups is 1. The number of nitriles is 1. The fourth-order valence-electron chi connectivity index (χ4n) is 2.90. The van der Waals surface area contributed by atoms with Crippen LogP contribution in [-0.4, -0.2) is 46.3 Å². The molecule has 0 aliphatic heterocycles. The molecular formula is C19H18N4O5S3. The molecule has 3 N–H and O–H groups in total. The summed E-state index contributed by atoms with van der Waals surface area (Å²) in [5.41, 5.74) is 2.66. The maximum Gasteiger partial charge on any atom is 0.245 e. The molecule has 9 nitrogen and oxygen atoms in total. The largest absolute Gasteiger partial charge is 0.354 e. The molecule has 0 spiro atoms. The Labute approximate surface area is 183 Å². The van der Waals surface area contributed by atoms with Crippen LogP contribution in [-0.2, 0) is 24.7 Å². The Kier molecular flexibility index (Phi) is 6.42. The molecule has 1 atom stereocenters. The molecule has 1 aromatic heterocycles. The molecule has 3 rings (SSSR count). The van der Waals surface area contributed by atoms with Gasteiger partial charge in [0, 0.05) is 12.8 Å². The number of nitrogens with two attached hydrogens (primary N) is 1. The molecule has 3 aromatic rings. The van der Waals surface area contributed by atoms with Crippen molar-refractivity contribution < 1.29 is 21.6 Å². The zero-order chi connectivity index (χ0) is 22.8. The SMILES string of the molecule is CS(=O)(=O)C(C(=O)NCCS(N)(=O)=O)c1nc2ccc(-c3cccc(C#N)c3)cc2s1. The molecule has 1 heterocycles. The number of nitrogens with zero attached hydrogens (tertiary/aromatic N) is 2. The molecule has 12 heteroatoms. The predicted molar refractivity (Wildman–Crippen MR) is 118 cm³/mol. The highest BCUT2D eigenvalue weighted by atomic mass is 32.2. The van der Waals surface area contributed by atoms with Crippen molar-refractivity contribution in [2.75, 3.05) is 18.6 Å². The summed E-state index contributed by atoms with van der Waals surface area (Å²) in [5.74, 6) is -1.38. The molecule has 0 saturated carbocycles. The second-order valence-corrected chi connectivity index (χ2v) is 11.7. The molecule has 0 fully saturated rings. The van der Waals surface area contributed by atoms with Gasteiger partial charge in [-0.2, -0.15) is 5.26 Å². The molecule has 31 heavy (non-hydrogen) atoms. The van der Waals surface area contributed by atoms with Gasteiger partial charge in [-0.15, -0.1) is 11.3 Å². The Bertz CT molecular complexity index is 1410. The smallest absolute Gasteiger partial charge is 0.245 e. The van der Waals surface area contributed by atoms with Crippen molar-refractivity contribution in [3.8, 4) is 17.2 Å². The molecule has 0 aliphatic rings. The standard InChI is InChI=1S/C19H18N4O5S3/c1-30(25,26)17(18(24)22-7-8-31(21,27)28)19-23-15-6-5-14(10-16(15)29-19)13-4-2-3-12(9-13)11-20/h2-6,9-10,17H,7-8H2,1H3,(H,22,24)(H2,21,27,28). The number of aromatic nitrogens is 1. The highest BCUT2D eigenvalue weighted by molar-refractivity contribution is 7.91. The number of amides is 1. The molecular weight excluding hydrogens is 460 g/mol. The van der Waals surface area contributed by atoms with Gasteiger partial charge in [-0.3, -0.25) is 4.79 Å². The minimum Gasteiger partial charge on any atom is -0.354 e. The van der Waals surface area contributed by atoms with Crippen molar-refractivity contribution in [3.05, 3.63) is 53.0 Å². The van der Waals surface area contributed by atoms with E-state index < -0.39 is 36.8 Å². The van der Waals surface area contributed by atoms with Crippen molar-refractivity contribution in [1.29, 1.82) is 5.26 Å². The van der Waals surface area contributed by atoms with Crippen LogP contribution >= 0.6 is 11.3 Å². The number of rotatable bonds is 7. The number of carbonyl (C=O) groups excluding carboxylic acids is 1. The third-order valence-electron chi connectivity index (χ3n) is 4.31. The fraction of sp³-hybridized carbons (Fsp3) is 0.211. The molecule has 2 aromatic carbocycles. The monoisotopic (exact) mass is 478 g/mol. The van der Waals surface area contributed by atoms with Crippen LogP contribution in [0.15, 0.2) is 42.5 Å². The number of benzene rings is 2. The van der Waals surface area contributed by atoms with Gasteiger partial charge in [0.25, 0.3) is 0 Å². The van der Waals surface area contributed by atoms with Crippen LogP contribution in [0, 0.1) is 11.3 Å². The van der Waals surface area contributed by atoms with Crippen LogP contribution in [0.3, 0.4) is 0 Å². The van der Waals surface area contributed by atoms with Gasteiger partial charge in [0.1, 0.15) is 5.01 Å². The van der Waals surface area contributed by atoms with E-state index in [9.17, 15) is 21.6 Å². The summed E-state index contributed by atoms with van der Waals surface area (Å²) in [5, 5.41) is 14.8. The van der Waals surface area contributed by atoms with Crippen LogP contribution in [0.4, 0.5) is 0 Å². The van der Waals surface area contributed by atoms with E-state index in [1.165, 1.54) is 0 Å². The summed E-state index contributed by atoms with van der Waals surface area (Å²) in [7, 11) is -7.68. The van der Waals surface area contributed by atoms with Crippen molar-refractivity contribution in [2.24, 2.45) is 5.14 Å². The van der Waals surface area contributed by atoms with Crippen molar-refractivity contribution >= 4 is 47.3 Å². The molecule has 0 saturated heterocycles. The summed E-state index contributed by atoms with van der Waals surface area (Å²) >= 11 is 1.06. The fourth-order valence-corrected chi connectivity index (χ4v) is 5.84. The van der Waals surface area contributed by atoms with E-state index >= 15 is 0 Å². The Morgan fingerprint density at radius 3 is 2.55 bits per heavy atom. The lowest BCUT2D eigenvalue weighted by atomic mass is 10.0. The second kappa shape index (κ2) is 8.72. The Balaban J connectivity index is 1.95. The van der Waals surface area contributed by atoms with Crippen molar-refractivity contribution in [3.63, 3.8) is 0 Å². The van der Waals surface area contributed by atoms with E-state index in [1.54, 1.807) is 30.3 Å². The summed E-state index contributed by atoms with van der Waals surface area (Å²) in [6.07, 6.45) is 0.918. The van der Waals surface area contributed by atoms with Crippen LogP contribution in [0.2, 0.25) is 0 Å². The number of sulfone groups is 1. The molecule has 0 radical (unpaired) electrons. The average molecular weight is 479 g/mol. The zero-order valence-electron chi connectivity index (χ0n) is 16.3. The van der Waals surface area contributed by atoms with Gasteiger partial charge in [-0.1, -0.05) is 18.2 Å². The van der Waals surface area contributed by atoms with E-state index in [1.807, 2.05) is 12.1 Å². The minimum atomic E-state index is -3.88. The summed E-state index contributed by atoms with van der Waals surface area (Å²) in [6.45, 7) is -0.312. The zero-order valence-corrected chi connectivity index (χ0v) is 18.7. The van der Waals surface area contributed by atoms with Gasteiger partial charge in [-0.25, -0.2) is 27.0 Å². The van der Waals surface area contributed by atoms with Crippen molar-refractivity contribution in [2.45, 2.75) is 5.25 Å². The van der Waals surface area contributed by atoms with Crippen LogP contribution in [0.1, 0.15) is 15.8 Å². The lowest BCUT2D eigenvalue weighted by Gasteiger charge is -2.12. The van der Waals surface area contributed by atoms with Gasteiger partial charge in [-0.05, 0) is 35.4 Å². The highest BCUT2D eigenvalue weighted by Crippen LogP contribution is 2.33. The average Bonchev–Trinajstić information content (AvgIpc) is 3.08. The van der Waals surface area contributed by atoms with Crippen molar-refractivity contribution in [1.82, 2.24) is 10.3 Å². The number of thiazole rings is 1. The second-order valence-electron chi connectivity index (χ2n) is 6.79. The number of nitrogens with one attached hydrogen (secondary N) is 1. The topological polar surface area (TPSA) is 160 Å². The lowest BCUT2D eigenvalue weighted by Crippen LogP contribution is -2.37. The summed E-state index contributed by atoms with van der Waals surface area (Å²) in [4.78, 5) is 16.8. The third kappa shape index (κ3) is 5.65. The normalized spacial score (nSPS) is 12.9. The lowest BCUT2D eigenvalue weighted by molar-refractivity contribution is -0.120. The van der Waals surface area contributed by atoms with E-state index in [0.29, 0.717) is 15.8 Å². The number of hydrogen-bond acceptors (Lipinski definition) is 8. The maximum atomic E-state index is 12.5. The number of fused-ring (bicyclic) bond motifs is 1. The van der Waals surface area contributed by atoms with E-state index in [4.69, 9.17) is 10.4 Å². The molecule has 0 aliphatic carbocycles. The Hall–Kier alpha value is -2.85. The van der Waals surface area contributed by atoms with E-state index in [0.717, 1.165) is 28.7 Å².